The Morgan fingerprint density at radius 3 is 2.73 bits per heavy atom. The van der Waals surface area contributed by atoms with Crippen LogP contribution in [0.3, 0.4) is 0 Å². The standard InChI is InChI=1S/C24H28N4O5/c1-16-9-10-20(17(2)12-16)27-22(29)15-33-21-8-4-3-6-18(21)13-26-28-24(31)23(30)25-14-19-7-5-11-32-19/h3-4,6,8-10,12-13,19H,5,7,11,14-15H2,1-2H3,(H,25,30)(H,27,29)(H,28,31)/b26-13-/t19-/m1/s1. The van der Waals surface area contributed by atoms with Crippen LogP contribution in [0.4, 0.5) is 5.69 Å². The molecule has 3 N–H and O–H groups in total. The van der Waals surface area contributed by atoms with E-state index in [4.69, 9.17) is 9.47 Å². The van der Waals surface area contributed by atoms with Crippen LogP contribution in [-0.4, -0.2) is 49.8 Å². The van der Waals surface area contributed by atoms with Crippen molar-refractivity contribution in [3.63, 3.8) is 0 Å². The van der Waals surface area contributed by atoms with E-state index in [1.54, 1.807) is 24.3 Å². The average molecular weight is 453 g/mol. The molecule has 1 aliphatic rings. The number of carbonyl (C=O) groups excluding carboxylic acids is 3. The van der Waals surface area contributed by atoms with Gasteiger partial charge in [-0.15, -0.1) is 0 Å². The third-order valence-electron chi connectivity index (χ3n) is 5.02. The predicted molar refractivity (Wildman–Crippen MR) is 124 cm³/mol. The lowest BCUT2D eigenvalue weighted by Gasteiger charge is -2.11. The molecule has 2 aromatic carbocycles. The lowest BCUT2D eigenvalue weighted by Crippen LogP contribution is -2.41. The van der Waals surface area contributed by atoms with Gasteiger partial charge in [-0.3, -0.25) is 14.4 Å². The highest BCUT2D eigenvalue weighted by molar-refractivity contribution is 6.35. The van der Waals surface area contributed by atoms with E-state index in [1.807, 2.05) is 32.0 Å². The zero-order valence-corrected chi connectivity index (χ0v) is 18.7. The third kappa shape index (κ3) is 7.43. The fourth-order valence-electron chi connectivity index (χ4n) is 3.31. The summed E-state index contributed by atoms with van der Waals surface area (Å²) in [5, 5.41) is 9.17. The minimum absolute atomic E-state index is 0.0543. The molecule has 33 heavy (non-hydrogen) atoms. The van der Waals surface area contributed by atoms with E-state index in [2.05, 4.69) is 21.2 Å². The lowest BCUT2D eigenvalue weighted by atomic mass is 10.1. The molecule has 2 aromatic rings. The summed E-state index contributed by atoms with van der Waals surface area (Å²) in [4.78, 5) is 36.0. The summed E-state index contributed by atoms with van der Waals surface area (Å²) >= 11 is 0. The molecule has 1 fully saturated rings. The number of benzene rings is 2. The van der Waals surface area contributed by atoms with Crippen LogP contribution >= 0.6 is 0 Å². The molecule has 9 heteroatoms. The van der Waals surface area contributed by atoms with Crippen molar-refractivity contribution in [2.45, 2.75) is 32.8 Å². The Labute approximate surface area is 192 Å². The van der Waals surface area contributed by atoms with Gasteiger partial charge in [-0.05, 0) is 50.5 Å². The summed E-state index contributed by atoms with van der Waals surface area (Å²) in [5.41, 5.74) is 5.53. The van der Waals surface area contributed by atoms with Crippen LogP contribution in [0.5, 0.6) is 5.75 Å². The highest BCUT2D eigenvalue weighted by Gasteiger charge is 2.19. The summed E-state index contributed by atoms with van der Waals surface area (Å²) in [6.07, 6.45) is 3.11. The summed E-state index contributed by atoms with van der Waals surface area (Å²) in [6, 6.07) is 12.7. The van der Waals surface area contributed by atoms with E-state index in [-0.39, 0.29) is 25.2 Å². The van der Waals surface area contributed by atoms with Crippen LogP contribution in [-0.2, 0) is 19.1 Å². The van der Waals surface area contributed by atoms with Gasteiger partial charge >= 0.3 is 11.8 Å². The normalized spacial score (nSPS) is 15.3. The van der Waals surface area contributed by atoms with Crippen LogP contribution in [0.25, 0.3) is 0 Å². The van der Waals surface area contributed by atoms with Crippen molar-refractivity contribution in [2.75, 3.05) is 25.1 Å². The summed E-state index contributed by atoms with van der Waals surface area (Å²) in [5.74, 6) is -1.55. The molecule has 0 bridgehead atoms. The number of carbonyl (C=O) groups is 3. The number of aryl methyl sites for hydroxylation is 2. The predicted octanol–water partition coefficient (Wildman–Crippen LogP) is 2.07. The third-order valence-corrected chi connectivity index (χ3v) is 5.02. The summed E-state index contributed by atoms with van der Waals surface area (Å²) in [7, 11) is 0. The van der Waals surface area contributed by atoms with Gasteiger partial charge in [0.25, 0.3) is 5.91 Å². The molecule has 0 radical (unpaired) electrons. The van der Waals surface area contributed by atoms with Crippen LogP contribution in [0, 0.1) is 13.8 Å². The Hall–Kier alpha value is -3.72. The number of ether oxygens (including phenoxy) is 2. The van der Waals surface area contributed by atoms with Gasteiger partial charge in [-0.1, -0.05) is 29.8 Å². The fraction of sp³-hybridized carbons (Fsp3) is 0.333. The maximum absolute atomic E-state index is 12.3. The van der Waals surface area contributed by atoms with Crippen molar-refractivity contribution in [3.8, 4) is 5.75 Å². The van der Waals surface area contributed by atoms with Crippen LogP contribution in [0.2, 0.25) is 0 Å². The highest BCUT2D eigenvalue weighted by atomic mass is 16.5. The minimum atomic E-state index is -0.879. The van der Waals surface area contributed by atoms with Crippen molar-refractivity contribution in [1.82, 2.24) is 10.7 Å². The van der Waals surface area contributed by atoms with E-state index in [1.165, 1.54) is 6.21 Å². The Morgan fingerprint density at radius 1 is 1.15 bits per heavy atom. The monoisotopic (exact) mass is 452 g/mol. The van der Waals surface area contributed by atoms with E-state index in [9.17, 15) is 14.4 Å². The second-order valence-corrected chi connectivity index (χ2v) is 7.74. The van der Waals surface area contributed by atoms with Gasteiger partial charge in [0.05, 0.1) is 12.3 Å². The van der Waals surface area contributed by atoms with Gasteiger partial charge in [-0.2, -0.15) is 5.10 Å². The smallest absolute Gasteiger partial charge is 0.329 e. The second-order valence-electron chi connectivity index (χ2n) is 7.74. The van der Waals surface area contributed by atoms with Gasteiger partial charge in [-0.25, -0.2) is 5.43 Å². The quantitative estimate of drug-likeness (QED) is 0.322. The molecule has 0 spiro atoms. The molecular weight excluding hydrogens is 424 g/mol. The zero-order chi connectivity index (χ0) is 23.6. The molecule has 9 nitrogen and oxygen atoms in total. The minimum Gasteiger partial charge on any atom is -0.483 e. The molecule has 0 aromatic heterocycles. The molecule has 0 aliphatic carbocycles. The van der Waals surface area contributed by atoms with E-state index >= 15 is 0 Å². The van der Waals surface area contributed by atoms with E-state index < -0.39 is 11.8 Å². The van der Waals surface area contributed by atoms with Crippen molar-refractivity contribution < 1.29 is 23.9 Å². The number of para-hydroxylation sites is 1. The Balaban J connectivity index is 1.48. The molecule has 1 saturated heterocycles. The van der Waals surface area contributed by atoms with Crippen molar-refractivity contribution in [3.05, 3.63) is 59.2 Å². The van der Waals surface area contributed by atoms with Crippen molar-refractivity contribution in [2.24, 2.45) is 5.10 Å². The Kier molecular flexibility index (Phi) is 8.54. The first-order valence-corrected chi connectivity index (χ1v) is 10.7. The molecule has 1 heterocycles. The largest absolute Gasteiger partial charge is 0.483 e. The fourth-order valence-corrected chi connectivity index (χ4v) is 3.31. The number of nitrogens with one attached hydrogen (secondary N) is 3. The maximum atomic E-state index is 12.3. The maximum Gasteiger partial charge on any atom is 0.329 e. The average Bonchev–Trinajstić information content (AvgIpc) is 3.32. The number of hydrazone groups is 1. The van der Waals surface area contributed by atoms with Gasteiger partial charge < -0.3 is 20.1 Å². The van der Waals surface area contributed by atoms with E-state index in [0.29, 0.717) is 17.9 Å². The number of amides is 3. The second kappa shape index (κ2) is 11.8. The molecule has 0 unspecified atom stereocenters. The topological polar surface area (TPSA) is 118 Å². The van der Waals surface area contributed by atoms with Crippen molar-refractivity contribution in [1.29, 1.82) is 0 Å². The van der Waals surface area contributed by atoms with E-state index in [0.717, 1.165) is 29.7 Å². The molecular formula is C24H28N4O5. The molecule has 1 aliphatic heterocycles. The number of anilines is 1. The Morgan fingerprint density at radius 2 is 1.97 bits per heavy atom. The Bertz CT molecular complexity index is 1030. The first-order chi connectivity index (χ1) is 15.9. The summed E-state index contributed by atoms with van der Waals surface area (Å²) < 4.78 is 11.0. The van der Waals surface area contributed by atoms with Crippen molar-refractivity contribution >= 4 is 29.6 Å². The van der Waals surface area contributed by atoms with Gasteiger partial charge in [0.15, 0.2) is 6.61 Å². The lowest BCUT2D eigenvalue weighted by molar-refractivity contribution is -0.139. The number of rotatable bonds is 8. The summed E-state index contributed by atoms with van der Waals surface area (Å²) in [6.45, 7) is 4.67. The highest BCUT2D eigenvalue weighted by Crippen LogP contribution is 2.18. The van der Waals surface area contributed by atoms with Crippen LogP contribution < -0.4 is 20.8 Å². The first kappa shape index (κ1) is 23.9. The number of hydrogen-bond donors (Lipinski definition) is 3. The molecule has 0 saturated carbocycles. The van der Waals surface area contributed by atoms with Gasteiger partial charge in [0, 0.05) is 24.4 Å². The van der Waals surface area contributed by atoms with Crippen LogP contribution in [0.15, 0.2) is 47.6 Å². The molecule has 3 amide bonds. The van der Waals surface area contributed by atoms with Gasteiger partial charge in [0.1, 0.15) is 5.75 Å². The van der Waals surface area contributed by atoms with Gasteiger partial charge in [0.2, 0.25) is 0 Å². The molecule has 3 rings (SSSR count). The first-order valence-electron chi connectivity index (χ1n) is 10.7. The van der Waals surface area contributed by atoms with Crippen LogP contribution in [0.1, 0.15) is 29.5 Å². The number of nitrogens with zero attached hydrogens (tertiary/aromatic N) is 1. The molecule has 1 atom stereocenters. The number of hydrogen-bond acceptors (Lipinski definition) is 6. The molecule has 174 valence electrons. The zero-order valence-electron chi connectivity index (χ0n) is 18.7. The SMILES string of the molecule is Cc1ccc(NC(=O)COc2ccccc2/C=N\NC(=O)C(=O)NC[C@H]2CCCO2)c(C)c1.